The highest BCUT2D eigenvalue weighted by atomic mass is 35.5. The molecule has 0 bridgehead atoms. The van der Waals surface area contributed by atoms with E-state index in [1.807, 2.05) is 0 Å². The van der Waals surface area contributed by atoms with Crippen LogP contribution in [0.4, 0.5) is 0 Å². The molecule has 0 amide bonds. The van der Waals surface area contributed by atoms with Crippen LogP contribution in [0.15, 0.2) is 0 Å². The van der Waals surface area contributed by atoms with Gasteiger partial charge in [0.2, 0.25) is 0 Å². The van der Waals surface area contributed by atoms with Gasteiger partial charge in [0.1, 0.15) is 0 Å². The van der Waals surface area contributed by atoms with Crippen LogP contribution in [0.25, 0.3) is 0 Å². The number of quaternary nitrogens is 1. The summed E-state index contributed by atoms with van der Waals surface area (Å²) < 4.78 is 1.01. The Morgan fingerprint density at radius 3 is 1.80 bits per heavy atom. The van der Waals surface area contributed by atoms with Crippen molar-refractivity contribution in [2.75, 3.05) is 27.0 Å². The van der Waals surface area contributed by atoms with Gasteiger partial charge in [-0.1, -0.05) is 0 Å². The van der Waals surface area contributed by atoms with Crippen LogP contribution in [0.5, 0.6) is 0 Å². The number of rotatable bonds is 3. The Kier molecular flexibility index (Phi) is 6.87. The minimum Gasteiger partial charge on any atom is -1.00 e. The molecule has 1 unspecified atom stereocenters. The standard InChI is InChI=1S/C7H17ClN.ClH/c1-7(5-6-8)9(2,3)4;/h7H,5-6H2,1-4H3;1H/q+1;/p-1. The Balaban J connectivity index is 0. The molecule has 0 aromatic rings. The highest BCUT2D eigenvalue weighted by Crippen LogP contribution is 2.06. The maximum Gasteiger partial charge on any atom is 0.0867 e. The first-order chi connectivity index (χ1) is 3.98. The molecule has 0 heterocycles. The molecule has 0 rings (SSSR count). The number of hydrogen-bond donors (Lipinski definition) is 0. The van der Waals surface area contributed by atoms with Crippen LogP contribution in [0.1, 0.15) is 13.3 Å². The predicted octanol–water partition coefficient (Wildman–Crippen LogP) is -1.29. The third-order valence-electron chi connectivity index (χ3n) is 1.85. The molecule has 0 aromatic heterocycles. The van der Waals surface area contributed by atoms with Crippen LogP contribution < -0.4 is 12.4 Å². The highest BCUT2D eigenvalue weighted by Gasteiger charge is 2.16. The molecule has 10 heavy (non-hydrogen) atoms. The van der Waals surface area contributed by atoms with E-state index in [0.717, 1.165) is 16.8 Å². The second-order valence-electron chi connectivity index (χ2n) is 3.44. The van der Waals surface area contributed by atoms with Crippen molar-refractivity contribution in [2.45, 2.75) is 19.4 Å². The molecule has 0 saturated heterocycles. The predicted molar refractivity (Wildman–Crippen MR) is 42.8 cm³/mol. The average molecular weight is 186 g/mol. The summed E-state index contributed by atoms with van der Waals surface area (Å²) >= 11 is 5.59. The molecule has 0 aliphatic heterocycles. The number of alkyl halides is 1. The smallest absolute Gasteiger partial charge is 0.0867 e. The Hall–Kier alpha value is 0.540. The van der Waals surface area contributed by atoms with Gasteiger partial charge in [0.15, 0.2) is 0 Å². The molecule has 0 aliphatic carbocycles. The van der Waals surface area contributed by atoms with Gasteiger partial charge < -0.3 is 16.9 Å². The van der Waals surface area contributed by atoms with Gasteiger partial charge in [-0.25, -0.2) is 0 Å². The lowest BCUT2D eigenvalue weighted by molar-refractivity contribution is -0.894. The first-order valence-electron chi connectivity index (χ1n) is 3.35. The van der Waals surface area contributed by atoms with Crippen molar-refractivity contribution in [1.82, 2.24) is 0 Å². The zero-order valence-electron chi connectivity index (χ0n) is 7.19. The summed E-state index contributed by atoms with van der Waals surface area (Å²) in [7, 11) is 6.58. The Morgan fingerprint density at radius 1 is 1.30 bits per heavy atom. The summed E-state index contributed by atoms with van der Waals surface area (Å²) in [6.45, 7) is 2.22. The number of halogens is 2. The van der Waals surface area contributed by atoms with Crippen molar-refractivity contribution in [3.63, 3.8) is 0 Å². The second-order valence-corrected chi connectivity index (χ2v) is 3.82. The molecule has 1 atom stereocenters. The van der Waals surface area contributed by atoms with Crippen molar-refractivity contribution >= 4 is 11.6 Å². The van der Waals surface area contributed by atoms with E-state index in [1.165, 1.54) is 0 Å². The van der Waals surface area contributed by atoms with Gasteiger partial charge in [0, 0.05) is 12.3 Å². The lowest BCUT2D eigenvalue weighted by Gasteiger charge is -2.31. The molecular formula is C7H17Cl2N. The fourth-order valence-electron chi connectivity index (χ4n) is 0.545. The fourth-order valence-corrected chi connectivity index (χ4v) is 0.861. The molecule has 3 heteroatoms. The molecular weight excluding hydrogens is 169 g/mol. The quantitative estimate of drug-likeness (QED) is 0.380. The van der Waals surface area contributed by atoms with Crippen LogP contribution >= 0.6 is 11.6 Å². The summed E-state index contributed by atoms with van der Waals surface area (Å²) in [5.41, 5.74) is 0. The van der Waals surface area contributed by atoms with Crippen molar-refractivity contribution in [3.05, 3.63) is 0 Å². The zero-order chi connectivity index (χ0) is 7.49. The lowest BCUT2D eigenvalue weighted by Crippen LogP contribution is -3.00. The Labute approximate surface area is 75.4 Å². The van der Waals surface area contributed by atoms with E-state index < -0.39 is 0 Å². The third kappa shape index (κ3) is 5.33. The molecule has 64 valence electrons. The van der Waals surface area contributed by atoms with Gasteiger partial charge in [0.25, 0.3) is 0 Å². The van der Waals surface area contributed by atoms with E-state index in [0.29, 0.717) is 6.04 Å². The number of nitrogens with zero attached hydrogens (tertiary/aromatic N) is 1. The van der Waals surface area contributed by atoms with E-state index in [4.69, 9.17) is 11.6 Å². The van der Waals surface area contributed by atoms with Crippen molar-refractivity contribution < 1.29 is 16.9 Å². The third-order valence-corrected chi connectivity index (χ3v) is 2.07. The van der Waals surface area contributed by atoms with Gasteiger partial charge in [0.05, 0.1) is 27.2 Å². The van der Waals surface area contributed by atoms with Crippen molar-refractivity contribution in [3.8, 4) is 0 Å². The first kappa shape index (κ1) is 13.2. The first-order valence-corrected chi connectivity index (χ1v) is 3.89. The van der Waals surface area contributed by atoms with Gasteiger partial charge in [-0.05, 0) is 6.92 Å². The lowest BCUT2D eigenvalue weighted by atomic mass is 10.2. The Bertz CT molecular complexity index is 78.2. The summed E-state index contributed by atoms with van der Waals surface area (Å²) in [6.07, 6.45) is 1.10. The van der Waals surface area contributed by atoms with E-state index in [9.17, 15) is 0 Å². The fraction of sp³-hybridized carbons (Fsp3) is 1.00. The minimum absolute atomic E-state index is 0. The summed E-state index contributed by atoms with van der Waals surface area (Å²) in [5, 5.41) is 0. The van der Waals surface area contributed by atoms with Crippen LogP contribution in [0, 0.1) is 0 Å². The second kappa shape index (κ2) is 5.22. The minimum atomic E-state index is 0. The van der Waals surface area contributed by atoms with Gasteiger partial charge >= 0.3 is 0 Å². The van der Waals surface area contributed by atoms with Crippen LogP contribution in [-0.2, 0) is 0 Å². The van der Waals surface area contributed by atoms with Crippen molar-refractivity contribution in [2.24, 2.45) is 0 Å². The van der Waals surface area contributed by atoms with Crippen LogP contribution in [0.3, 0.4) is 0 Å². The normalized spacial score (nSPS) is 14.1. The molecule has 0 saturated carbocycles. The summed E-state index contributed by atoms with van der Waals surface area (Å²) in [5.74, 6) is 0.774. The SMILES string of the molecule is CC(CCCl)[N+](C)(C)C.[Cl-]. The maximum absolute atomic E-state index is 5.59. The number of hydrogen-bond acceptors (Lipinski definition) is 0. The van der Waals surface area contributed by atoms with E-state index in [-0.39, 0.29) is 12.4 Å². The Morgan fingerprint density at radius 2 is 1.70 bits per heavy atom. The van der Waals surface area contributed by atoms with E-state index >= 15 is 0 Å². The average Bonchev–Trinajstić information content (AvgIpc) is 1.64. The summed E-state index contributed by atoms with van der Waals surface area (Å²) in [6, 6.07) is 0.669. The molecule has 0 aliphatic rings. The maximum atomic E-state index is 5.59. The monoisotopic (exact) mass is 185 g/mol. The van der Waals surface area contributed by atoms with Gasteiger partial charge in [-0.3, -0.25) is 0 Å². The molecule has 1 nitrogen and oxygen atoms in total. The largest absolute Gasteiger partial charge is 1.00 e. The van der Waals surface area contributed by atoms with E-state index in [1.54, 1.807) is 0 Å². The molecule has 0 fully saturated rings. The molecule has 0 N–H and O–H groups in total. The molecule has 0 aromatic carbocycles. The van der Waals surface area contributed by atoms with Gasteiger partial charge in [-0.2, -0.15) is 0 Å². The van der Waals surface area contributed by atoms with E-state index in [2.05, 4.69) is 28.1 Å². The van der Waals surface area contributed by atoms with Crippen LogP contribution in [-0.4, -0.2) is 37.5 Å². The topological polar surface area (TPSA) is 0 Å². The van der Waals surface area contributed by atoms with Crippen LogP contribution in [0.2, 0.25) is 0 Å². The molecule has 0 radical (unpaired) electrons. The zero-order valence-corrected chi connectivity index (χ0v) is 8.71. The molecule has 0 spiro atoms. The highest BCUT2D eigenvalue weighted by molar-refractivity contribution is 6.17. The summed E-state index contributed by atoms with van der Waals surface area (Å²) in [4.78, 5) is 0. The van der Waals surface area contributed by atoms with Gasteiger partial charge in [-0.15, -0.1) is 11.6 Å². The van der Waals surface area contributed by atoms with Crippen molar-refractivity contribution in [1.29, 1.82) is 0 Å².